The normalized spacial score (nSPS) is 11.0. The van der Waals surface area contributed by atoms with Crippen LogP contribution in [0.2, 0.25) is 0 Å². The van der Waals surface area contributed by atoms with Crippen LogP contribution in [0.4, 0.5) is 0 Å². The molecule has 2 aromatic carbocycles. The number of hydrogen-bond acceptors (Lipinski definition) is 5. The number of benzene rings is 2. The lowest BCUT2D eigenvalue weighted by atomic mass is 10.1. The second-order valence-corrected chi connectivity index (χ2v) is 6.22. The molecule has 0 radical (unpaired) electrons. The summed E-state index contributed by atoms with van der Waals surface area (Å²) in [7, 11) is 0. The minimum absolute atomic E-state index is 0.443. The van der Waals surface area contributed by atoms with Crippen molar-refractivity contribution in [3.63, 3.8) is 0 Å². The van der Waals surface area contributed by atoms with Crippen molar-refractivity contribution in [3.05, 3.63) is 59.1 Å². The zero-order chi connectivity index (χ0) is 17.2. The number of pyridine rings is 1. The molecule has 0 spiro atoms. The Bertz CT molecular complexity index is 1050. The average Bonchev–Trinajstić information content (AvgIpc) is 3.11. The Morgan fingerprint density at radius 3 is 2.64 bits per heavy atom. The molecule has 25 heavy (non-hydrogen) atoms. The number of aromatic nitrogens is 3. The SMILES string of the molecule is CCOc1nc2ccccc2cc1-c1noc(-c2ccccc2Br)n1. The van der Waals surface area contributed by atoms with Gasteiger partial charge in [0.15, 0.2) is 0 Å². The summed E-state index contributed by atoms with van der Waals surface area (Å²) < 4.78 is 12.0. The second kappa shape index (κ2) is 6.64. The molecule has 0 atom stereocenters. The molecule has 4 aromatic rings. The first-order valence-corrected chi connectivity index (χ1v) is 8.67. The molecular weight excluding hydrogens is 382 g/mol. The van der Waals surface area contributed by atoms with Crippen molar-refractivity contribution in [3.8, 4) is 28.7 Å². The summed E-state index contributed by atoms with van der Waals surface area (Å²) >= 11 is 3.51. The van der Waals surface area contributed by atoms with E-state index >= 15 is 0 Å². The van der Waals surface area contributed by atoms with Crippen LogP contribution in [0.1, 0.15) is 6.92 Å². The summed E-state index contributed by atoms with van der Waals surface area (Å²) in [6.45, 7) is 2.43. The van der Waals surface area contributed by atoms with E-state index < -0.39 is 0 Å². The van der Waals surface area contributed by atoms with Crippen molar-refractivity contribution in [1.29, 1.82) is 0 Å². The van der Waals surface area contributed by atoms with Crippen LogP contribution in [-0.2, 0) is 0 Å². The van der Waals surface area contributed by atoms with Crippen LogP contribution in [0, 0.1) is 0 Å². The quantitative estimate of drug-likeness (QED) is 0.480. The molecule has 5 nitrogen and oxygen atoms in total. The number of halogens is 1. The zero-order valence-corrected chi connectivity index (χ0v) is 15.0. The van der Waals surface area contributed by atoms with Gasteiger partial charge in [-0.15, -0.1) is 0 Å². The van der Waals surface area contributed by atoms with E-state index in [1.54, 1.807) is 0 Å². The van der Waals surface area contributed by atoms with Crippen molar-refractivity contribution in [2.45, 2.75) is 6.92 Å². The fourth-order valence-electron chi connectivity index (χ4n) is 2.58. The fourth-order valence-corrected chi connectivity index (χ4v) is 3.04. The van der Waals surface area contributed by atoms with Crippen LogP contribution < -0.4 is 4.74 Å². The van der Waals surface area contributed by atoms with Gasteiger partial charge in [-0.2, -0.15) is 4.98 Å². The number of fused-ring (bicyclic) bond motifs is 1. The fraction of sp³-hybridized carbons (Fsp3) is 0.105. The molecule has 2 heterocycles. The maximum absolute atomic E-state index is 5.70. The topological polar surface area (TPSA) is 61.0 Å². The highest BCUT2D eigenvalue weighted by molar-refractivity contribution is 9.10. The number of para-hydroxylation sites is 1. The van der Waals surface area contributed by atoms with Crippen LogP contribution in [-0.4, -0.2) is 21.7 Å². The van der Waals surface area contributed by atoms with Crippen LogP contribution in [0.15, 0.2) is 63.6 Å². The largest absolute Gasteiger partial charge is 0.477 e. The van der Waals surface area contributed by atoms with Gasteiger partial charge in [-0.3, -0.25) is 0 Å². The molecule has 0 saturated carbocycles. The summed E-state index contributed by atoms with van der Waals surface area (Å²) in [5.74, 6) is 1.39. The lowest BCUT2D eigenvalue weighted by Gasteiger charge is -2.08. The van der Waals surface area contributed by atoms with Crippen LogP contribution in [0.3, 0.4) is 0 Å². The lowest BCUT2D eigenvalue weighted by Crippen LogP contribution is -1.98. The Kier molecular flexibility index (Phi) is 4.19. The Morgan fingerprint density at radius 2 is 1.80 bits per heavy atom. The third kappa shape index (κ3) is 3.00. The Hall–Kier alpha value is -2.73. The Morgan fingerprint density at radius 1 is 1.00 bits per heavy atom. The van der Waals surface area contributed by atoms with Crippen LogP contribution in [0.5, 0.6) is 5.88 Å². The van der Waals surface area contributed by atoms with E-state index in [4.69, 9.17) is 9.26 Å². The first-order chi connectivity index (χ1) is 12.3. The van der Waals surface area contributed by atoms with Gasteiger partial charge in [0.2, 0.25) is 11.7 Å². The van der Waals surface area contributed by atoms with Gasteiger partial charge in [0.1, 0.15) is 0 Å². The minimum atomic E-state index is 0.443. The summed E-state index contributed by atoms with van der Waals surface area (Å²) in [6.07, 6.45) is 0. The van der Waals surface area contributed by atoms with E-state index in [9.17, 15) is 0 Å². The molecule has 2 aromatic heterocycles. The summed E-state index contributed by atoms with van der Waals surface area (Å²) in [6, 6.07) is 17.5. The average molecular weight is 396 g/mol. The predicted molar refractivity (Wildman–Crippen MR) is 99.3 cm³/mol. The molecule has 4 rings (SSSR count). The van der Waals surface area contributed by atoms with Gasteiger partial charge in [0.25, 0.3) is 5.89 Å². The van der Waals surface area contributed by atoms with Crippen molar-refractivity contribution < 1.29 is 9.26 Å². The molecule has 0 aliphatic heterocycles. The number of hydrogen-bond donors (Lipinski definition) is 0. The molecule has 0 aliphatic carbocycles. The first-order valence-electron chi connectivity index (χ1n) is 7.88. The highest BCUT2D eigenvalue weighted by atomic mass is 79.9. The molecule has 0 aliphatic rings. The van der Waals surface area contributed by atoms with Gasteiger partial charge in [0.05, 0.1) is 23.3 Å². The van der Waals surface area contributed by atoms with E-state index in [0.29, 0.717) is 29.8 Å². The minimum Gasteiger partial charge on any atom is -0.477 e. The van der Waals surface area contributed by atoms with Crippen molar-refractivity contribution in [2.24, 2.45) is 0 Å². The van der Waals surface area contributed by atoms with Crippen molar-refractivity contribution >= 4 is 26.8 Å². The summed E-state index contributed by atoms with van der Waals surface area (Å²) in [5, 5.41) is 5.12. The van der Waals surface area contributed by atoms with Gasteiger partial charge in [-0.05, 0) is 47.1 Å². The monoisotopic (exact) mass is 395 g/mol. The standard InChI is InChI=1S/C19H14BrN3O2/c1-2-24-18-14(11-12-7-3-6-10-16(12)21-18)17-22-19(25-23-17)13-8-4-5-9-15(13)20/h3-11H,2H2,1H3. The molecular formula is C19H14BrN3O2. The van der Waals surface area contributed by atoms with Crippen LogP contribution >= 0.6 is 15.9 Å². The van der Waals surface area contributed by atoms with Crippen molar-refractivity contribution in [2.75, 3.05) is 6.61 Å². The van der Waals surface area contributed by atoms with Gasteiger partial charge < -0.3 is 9.26 Å². The summed E-state index contributed by atoms with van der Waals surface area (Å²) in [5.41, 5.74) is 2.42. The van der Waals surface area contributed by atoms with Gasteiger partial charge in [0, 0.05) is 9.86 Å². The third-order valence-electron chi connectivity index (χ3n) is 3.74. The van der Waals surface area contributed by atoms with Gasteiger partial charge in [-0.1, -0.05) is 35.5 Å². The number of rotatable bonds is 4. The maximum Gasteiger partial charge on any atom is 0.259 e. The van der Waals surface area contributed by atoms with E-state index in [1.807, 2.05) is 61.5 Å². The van der Waals surface area contributed by atoms with E-state index in [0.717, 1.165) is 20.9 Å². The third-order valence-corrected chi connectivity index (χ3v) is 4.43. The predicted octanol–water partition coefficient (Wildman–Crippen LogP) is 5.11. The van der Waals surface area contributed by atoms with Gasteiger partial charge in [-0.25, -0.2) is 4.98 Å². The molecule has 0 unspecified atom stereocenters. The van der Waals surface area contributed by atoms with E-state index in [-0.39, 0.29) is 0 Å². The Labute approximate surface area is 152 Å². The molecule has 6 heteroatoms. The zero-order valence-electron chi connectivity index (χ0n) is 13.4. The first kappa shape index (κ1) is 15.8. The molecule has 124 valence electrons. The van der Waals surface area contributed by atoms with E-state index in [1.165, 1.54) is 0 Å². The van der Waals surface area contributed by atoms with E-state index in [2.05, 4.69) is 31.1 Å². The highest BCUT2D eigenvalue weighted by Gasteiger charge is 2.18. The number of nitrogens with zero attached hydrogens (tertiary/aromatic N) is 3. The highest BCUT2D eigenvalue weighted by Crippen LogP contribution is 2.33. The lowest BCUT2D eigenvalue weighted by molar-refractivity contribution is 0.329. The maximum atomic E-state index is 5.70. The second-order valence-electron chi connectivity index (χ2n) is 5.37. The molecule has 0 amide bonds. The number of ether oxygens (including phenoxy) is 1. The summed E-state index contributed by atoms with van der Waals surface area (Å²) in [4.78, 5) is 9.12. The Balaban J connectivity index is 1.84. The van der Waals surface area contributed by atoms with Gasteiger partial charge >= 0.3 is 0 Å². The van der Waals surface area contributed by atoms with Crippen molar-refractivity contribution in [1.82, 2.24) is 15.1 Å². The molecule has 0 saturated heterocycles. The smallest absolute Gasteiger partial charge is 0.259 e. The van der Waals surface area contributed by atoms with Crippen LogP contribution in [0.25, 0.3) is 33.7 Å². The molecule has 0 fully saturated rings. The molecule has 0 N–H and O–H groups in total. The molecule has 0 bridgehead atoms.